The number of nitrogens with zero attached hydrogens (tertiary/aromatic N) is 2. The molecule has 3 unspecified atom stereocenters. The Balaban J connectivity index is 2.05. The summed E-state index contributed by atoms with van der Waals surface area (Å²) in [5, 5.41) is 9.22. The Morgan fingerprint density at radius 3 is 2.52 bits per heavy atom. The summed E-state index contributed by atoms with van der Waals surface area (Å²) in [5.74, 6) is -1.75. The van der Waals surface area contributed by atoms with Crippen LogP contribution in [0.5, 0.6) is 0 Å². The van der Waals surface area contributed by atoms with E-state index in [1.54, 1.807) is 18.7 Å². The van der Waals surface area contributed by atoms with Gasteiger partial charge in [-0.2, -0.15) is 0 Å². The average molecular weight is 298 g/mol. The molecule has 3 atom stereocenters. The van der Waals surface area contributed by atoms with Crippen molar-refractivity contribution in [2.24, 2.45) is 5.92 Å². The summed E-state index contributed by atoms with van der Waals surface area (Å²) in [6.07, 6.45) is 2.09. The van der Waals surface area contributed by atoms with Crippen molar-refractivity contribution in [2.45, 2.75) is 45.2 Å². The van der Waals surface area contributed by atoms with Gasteiger partial charge in [0.15, 0.2) is 0 Å². The number of carboxylic acid groups (broad SMARTS) is 1. The van der Waals surface area contributed by atoms with Gasteiger partial charge in [-0.1, -0.05) is 0 Å². The second-order valence-electron chi connectivity index (χ2n) is 5.49. The first kappa shape index (κ1) is 15.6. The molecule has 0 saturated carbocycles. The molecule has 0 aromatic heterocycles. The first-order valence-corrected chi connectivity index (χ1v) is 7.45. The topological polar surface area (TPSA) is 87.2 Å². The molecule has 21 heavy (non-hydrogen) atoms. The van der Waals surface area contributed by atoms with Gasteiger partial charge in [-0.3, -0.25) is 9.59 Å². The normalized spacial score (nSPS) is 26.8. The fourth-order valence-corrected chi connectivity index (χ4v) is 3.39. The second kappa shape index (κ2) is 6.32. The Kier molecular flexibility index (Phi) is 4.69. The van der Waals surface area contributed by atoms with Gasteiger partial charge in [-0.25, -0.2) is 4.79 Å². The molecule has 118 valence electrons. The van der Waals surface area contributed by atoms with Gasteiger partial charge in [0.05, 0.1) is 12.5 Å². The van der Waals surface area contributed by atoms with Crippen LogP contribution in [0, 0.1) is 5.92 Å². The van der Waals surface area contributed by atoms with Crippen molar-refractivity contribution in [3.8, 4) is 0 Å². The van der Waals surface area contributed by atoms with E-state index < -0.39 is 17.9 Å². The van der Waals surface area contributed by atoms with E-state index in [1.165, 1.54) is 4.90 Å². The van der Waals surface area contributed by atoms with Crippen molar-refractivity contribution in [1.29, 1.82) is 0 Å². The number of carboxylic acids is 1. The zero-order valence-electron chi connectivity index (χ0n) is 12.4. The predicted molar refractivity (Wildman–Crippen MR) is 73.7 cm³/mol. The van der Waals surface area contributed by atoms with Crippen LogP contribution < -0.4 is 0 Å². The Hall–Kier alpha value is -1.79. The predicted octanol–water partition coefficient (Wildman–Crippen LogP) is 0.929. The summed E-state index contributed by atoms with van der Waals surface area (Å²) in [4.78, 5) is 38.5. The summed E-state index contributed by atoms with van der Waals surface area (Å²) < 4.78 is 4.87. The van der Waals surface area contributed by atoms with Gasteiger partial charge in [-0.15, -0.1) is 0 Å². The third-order valence-corrected chi connectivity index (χ3v) is 4.35. The molecule has 2 aliphatic heterocycles. The molecular formula is C14H22N2O5. The molecule has 2 fully saturated rings. The molecule has 2 heterocycles. The maximum atomic E-state index is 12.6. The highest BCUT2D eigenvalue weighted by Gasteiger charge is 2.52. The molecule has 7 nitrogen and oxygen atoms in total. The van der Waals surface area contributed by atoms with Gasteiger partial charge in [0.2, 0.25) is 0 Å². The average Bonchev–Trinajstić information content (AvgIpc) is 3.02. The molecule has 0 radical (unpaired) electrons. The summed E-state index contributed by atoms with van der Waals surface area (Å²) in [5.41, 5.74) is 0. The van der Waals surface area contributed by atoms with Gasteiger partial charge in [0.1, 0.15) is 6.54 Å². The first-order valence-electron chi connectivity index (χ1n) is 7.45. The molecule has 0 aliphatic carbocycles. The maximum Gasteiger partial charge on any atom is 0.325 e. The molecule has 1 N–H and O–H groups in total. The van der Waals surface area contributed by atoms with Crippen molar-refractivity contribution in [2.75, 3.05) is 19.7 Å². The number of hydrogen-bond donors (Lipinski definition) is 1. The van der Waals surface area contributed by atoms with Gasteiger partial charge in [0, 0.05) is 18.6 Å². The molecule has 2 saturated heterocycles. The smallest absolute Gasteiger partial charge is 0.325 e. The third-order valence-electron chi connectivity index (χ3n) is 4.35. The quantitative estimate of drug-likeness (QED) is 0.763. The van der Waals surface area contributed by atoms with Crippen LogP contribution in [0.4, 0.5) is 4.79 Å². The largest absolute Gasteiger partial charge is 0.481 e. The highest BCUT2D eigenvalue weighted by molar-refractivity contribution is 5.83. The fourth-order valence-electron chi connectivity index (χ4n) is 3.39. The van der Waals surface area contributed by atoms with Crippen LogP contribution in [0.3, 0.4) is 0 Å². The van der Waals surface area contributed by atoms with Crippen LogP contribution >= 0.6 is 0 Å². The molecule has 0 aromatic rings. The highest BCUT2D eigenvalue weighted by Crippen LogP contribution is 2.42. The minimum absolute atomic E-state index is 0.0140. The minimum Gasteiger partial charge on any atom is -0.481 e. The maximum absolute atomic E-state index is 12.6. The van der Waals surface area contributed by atoms with E-state index in [0.717, 1.165) is 12.8 Å². The summed E-state index contributed by atoms with van der Waals surface area (Å²) in [7, 11) is 0. The third kappa shape index (κ3) is 2.96. The SMILES string of the molecule is CCOC(=O)CN(CC)C(=O)N1C2CCC1C(C(=O)O)C2. The zero-order chi connectivity index (χ0) is 15.6. The van der Waals surface area contributed by atoms with Crippen molar-refractivity contribution in [1.82, 2.24) is 9.80 Å². The number of esters is 1. The van der Waals surface area contributed by atoms with Crippen molar-refractivity contribution < 1.29 is 24.2 Å². The molecule has 2 rings (SSSR count). The number of amides is 2. The van der Waals surface area contributed by atoms with Crippen molar-refractivity contribution in [3.63, 3.8) is 0 Å². The second-order valence-corrected chi connectivity index (χ2v) is 5.49. The number of ether oxygens (including phenoxy) is 1. The monoisotopic (exact) mass is 298 g/mol. The van der Waals surface area contributed by atoms with Crippen LogP contribution in [0.2, 0.25) is 0 Å². The molecule has 7 heteroatoms. The first-order chi connectivity index (χ1) is 9.99. The Morgan fingerprint density at radius 1 is 1.29 bits per heavy atom. The van der Waals surface area contributed by atoms with Gasteiger partial charge in [-0.05, 0) is 33.1 Å². The van der Waals surface area contributed by atoms with E-state index >= 15 is 0 Å². The lowest BCUT2D eigenvalue weighted by atomic mass is 9.89. The molecular weight excluding hydrogens is 276 g/mol. The van der Waals surface area contributed by atoms with E-state index in [4.69, 9.17) is 4.74 Å². The van der Waals surface area contributed by atoms with E-state index in [9.17, 15) is 19.5 Å². The summed E-state index contributed by atoms with van der Waals surface area (Å²) >= 11 is 0. The van der Waals surface area contributed by atoms with Gasteiger partial charge >= 0.3 is 18.0 Å². The number of likely N-dealkylation sites (N-methyl/N-ethyl adjacent to an activating group) is 1. The highest BCUT2D eigenvalue weighted by atomic mass is 16.5. The molecule has 0 spiro atoms. The van der Waals surface area contributed by atoms with E-state index in [2.05, 4.69) is 0 Å². The van der Waals surface area contributed by atoms with Crippen molar-refractivity contribution in [3.05, 3.63) is 0 Å². The lowest BCUT2D eigenvalue weighted by Gasteiger charge is -2.30. The summed E-state index contributed by atoms with van der Waals surface area (Å²) in [6, 6.07) is -0.502. The Bertz CT molecular complexity index is 439. The Morgan fingerprint density at radius 2 is 2.00 bits per heavy atom. The number of aliphatic carboxylic acids is 1. The Labute approximate surface area is 123 Å². The van der Waals surface area contributed by atoms with Crippen molar-refractivity contribution >= 4 is 18.0 Å². The molecule has 2 amide bonds. The van der Waals surface area contributed by atoms with E-state index in [1.807, 2.05) is 0 Å². The number of hydrogen-bond acceptors (Lipinski definition) is 4. The molecule has 2 aliphatic rings. The van der Waals surface area contributed by atoms with E-state index in [0.29, 0.717) is 13.0 Å². The fraction of sp³-hybridized carbons (Fsp3) is 0.786. The number of fused-ring (bicyclic) bond motifs is 2. The van der Waals surface area contributed by atoms with E-state index in [-0.39, 0.29) is 31.3 Å². The van der Waals surface area contributed by atoms with Crippen LogP contribution in [0.15, 0.2) is 0 Å². The molecule has 2 bridgehead atoms. The number of rotatable bonds is 5. The lowest BCUT2D eigenvalue weighted by Crippen LogP contribution is -2.48. The van der Waals surface area contributed by atoms with Crippen LogP contribution in [0.1, 0.15) is 33.1 Å². The van der Waals surface area contributed by atoms with Gasteiger partial charge < -0.3 is 19.6 Å². The van der Waals surface area contributed by atoms with Crippen LogP contribution in [-0.4, -0.2) is 64.7 Å². The summed E-state index contributed by atoms with van der Waals surface area (Å²) in [6.45, 7) is 4.10. The standard InChI is InChI=1S/C14H22N2O5/c1-3-15(8-12(17)21-4-2)14(20)16-9-5-6-11(16)10(7-9)13(18)19/h9-11H,3-8H2,1-2H3,(H,18,19). The number of carbonyl (C=O) groups excluding carboxylic acids is 2. The number of carbonyl (C=O) groups is 3. The number of urea groups is 1. The lowest BCUT2D eigenvalue weighted by molar-refractivity contribution is -0.144. The van der Waals surface area contributed by atoms with Crippen LogP contribution in [-0.2, 0) is 14.3 Å². The zero-order valence-corrected chi connectivity index (χ0v) is 12.4. The molecule has 0 aromatic carbocycles. The van der Waals surface area contributed by atoms with Gasteiger partial charge in [0.25, 0.3) is 0 Å². The van der Waals surface area contributed by atoms with Crippen LogP contribution in [0.25, 0.3) is 0 Å². The minimum atomic E-state index is -0.839.